The molecule has 0 radical (unpaired) electrons. The van der Waals surface area contributed by atoms with E-state index in [-0.39, 0.29) is 0 Å². The van der Waals surface area contributed by atoms with Gasteiger partial charge in [-0.05, 0) is 12.3 Å². The summed E-state index contributed by atoms with van der Waals surface area (Å²) in [6, 6.07) is 0. The van der Waals surface area contributed by atoms with Crippen molar-refractivity contribution in [1.29, 1.82) is 0 Å². The number of carbonyl (C=O) groups is 2. The fourth-order valence-electron chi connectivity index (χ4n) is 1.26. The normalized spacial score (nSPS) is 10.8. The van der Waals surface area contributed by atoms with Crippen LogP contribution in [0.5, 0.6) is 0 Å². The SMILES string of the molecule is COC(=O)/C=C\C(=O)OCCCCCC(C)C. The number of hydrogen-bond donors (Lipinski definition) is 0. The maximum Gasteiger partial charge on any atom is 0.331 e. The first-order valence-electron chi connectivity index (χ1n) is 5.99. The van der Waals surface area contributed by atoms with Gasteiger partial charge in [0.25, 0.3) is 0 Å². The molecular weight excluding hydrogens is 220 g/mol. The minimum atomic E-state index is -0.557. The predicted octanol–water partition coefficient (Wildman–Crippen LogP) is 2.48. The standard InChI is InChI=1S/C13H22O4/c1-11(2)7-5-4-6-10-17-13(15)9-8-12(14)16-3/h8-9,11H,4-7,10H2,1-3H3/b9-8-. The number of rotatable bonds is 8. The molecule has 0 aliphatic carbocycles. The van der Waals surface area contributed by atoms with Crippen LogP contribution in [0.1, 0.15) is 39.5 Å². The number of unbranched alkanes of at least 4 members (excludes halogenated alkanes) is 2. The minimum absolute atomic E-state index is 0.405. The van der Waals surface area contributed by atoms with Gasteiger partial charge in [-0.1, -0.05) is 33.1 Å². The maximum atomic E-state index is 11.1. The highest BCUT2D eigenvalue weighted by Gasteiger charge is 1.99. The molecule has 0 aromatic rings. The molecule has 0 aromatic carbocycles. The second kappa shape index (κ2) is 9.87. The van der Waals surface area contributed by atoms with Crippen LogP contribution in [0.25, 0.3) is 0 Å². The van der Waals surface area contributed by atoms with Crippen molar-refractivity contribution in [1.82, 2.24) is 0 Å². The van der Waals surface area contributed by atoms with Gasteiger partial charge >= 0.3 is 11.9 Å². The van der Waals surface area contributed by atoms with Crippen molar-refractivity contribution in [3.8, 4) is 0 Å². The first kappa shape index (κ1) is 15.7. The first-order chi connectivity index (χ1) is 8.06. The Labute approximate surface area is 103 Å². The van der Waals surface area contributed by atoms with E-state index in [2.05, 4.69) is 18.6 Å². The molecule has 0 fully saturated rings. The van der Waals surface area contributed by atoms with E-state index in [1.807, 2.05) is 0 Å². The Morgan fingerprint density at radius 1 is 1.06 bits per heavy atom. The lowest BCUT2D eigenvalue weighted by molar-refractivity contribution is -0.139. The lowest BCUT2D eigenvalue weighted by Crippen LogP contribution is -2.04. The third-order valence-electron chi connectivity index (χ3n) is 2.23. The predicted molar refractivity (Wildman–Crippen MR) is 65.4 cm³/mol. The second-order valence-corrected chi connectivity index (χ2v) is 4.27. The highest BCUT2D eigenvalue weighted by atomic mass is 16.5. The van der Waals surface area contributed by atoms with E-state index in [1.165, 1.54) is 13.5 Å². The maximum absolute atomic E-state index is 11.1. The van der Waals surface area contributed by atoms with E-state index >= 15 is 0 Å². The Bertz CT molecular complexity index is 256. The molecule has 0 aliphatic heterocycles. The summed E-state index contributed by atoms with van der Waals surface area (Å²) in [4.78, 5) is 21.8. The van der Waals surface area contributed by atoms with E-state index in [4.69, 9.17) is 4.74 Å². The van der Waals surface area contributed by atoms with Crippen LogP contribution >= 0.6 is 0 Å². The van der Waals surface area contributed by atoms with Crippen molar-refractivity contribution >= 4 is 11.9 Å². The summed E-state index contributed by atoms with van der Waals surface area (Å²) in [6.45, 7) is 4.79. The molecule has 0 saturated carbocycles. The molecule has 4 heteroatoms. The Kier molecular flexibility index (Phi) is 9.11. The van der Waals surface area contributed by atoms with Crippen LogP contribution in [0.3, 0.4) is 0 Å². The summed E-state index contributed by atoms with van der Waals surface area (Å²) in [6.07, 6.45) is 6.43. The average molecular weight is 242 g/mol. The molecule has 0 saturated heterocycles. The zero-order valence-corrected chi connectivity index (χ0v) is 10.9. The molecular formula is C13H22O4. The molecule has 0 spiro atoms. The van der Waals surface area contributed by atoms with Gasteiger partial charge < -0.3 is 9.47 Å². The van der Waals surface area contributed by atoms with E-state index in [0.29, 0.717) is 6.61 Å². The molecule has 4 nitrogen and oxygen atoms in total. The van der Waals surface area contributed by atoms with Crippen molar-refractivity contribution in [2.75, 3.05) is 13.7 Å². The molecule has 98 valence electrons. The molecule has 0 bridgehead atoms. The highest BCUT2D eigenvalue weighted by Crippen LogP contribution is 2.07. The van der Waals surface area contributed by atoms with E-state index in [0.717, 1.165) is 37.3 Å². The van der Waals surface area contributed by atoms with Crippen LogP contribution in [0.4, 0.5) is 0 Å². The molecule has 0 unspecified atom stereocenters. The fourth-order valence-corrected chi connectivity index (χ4v) is 1.26. The van der Waals surface area contributed by atoms with Crippen molar-refractivity contribution in [2.45, 2.75) is 39.5 Å². The molecule has 0 aromatic heterocycles. The number of ether oxygens (including phenoxy) is 2. The van der Waals surface area contributed by atoms with Crippen LogP contribution < -0.4 is 0 Å². The molecule has 0 heterocycles. The molecule has 0 aliphatic rings. The van der Waals surface area contributed by atoms with Gasteiger partial charge in [0.15, 0.2) is 0 Å². The molecule has 0 N–H and O–H groups in total. The Balaban J connectivity index is 3.45. The lowest BCUT2D eigenvalue weighted by atomic mass is 10.1. The number of methoxy groups -OCH3 is 1. The molecule has 0 rings (SSSR count). The molecule has 0 amide bonds. The smallest absolute Gasteiger partial charge is 0.331 e. The van der Waals surface area contributed by atoms with Crippen LogP contribution in [0.2, 0.25) is 0 Å². The van der Waals surface area contributed by atoms with Gasteiger partial charge in [-0.2, -0.15) is 0 Å². The zero-order valence-electron chi connectivity index (χ0n) is 10.9. The summed E-state index contributed by atoms with van der Waals surface area (Å²) in [5.74, 6) is -0.335. The average Bonchev–Trinajstić information content (AvgIpc) is 2.30. The fraction of sp³-hybridized carbons (Fsp3) is 0.692. The van der Waals surface area contributed by atoms with Crippen LogP contribution in [-0.2, 0) is 19.1 Å². The first-order valence-corrected chi connectivity index (χ1v) is 5.99. The van der Waals surface area contributed by atoms with Crippen LogP contribution in [0.15, 0.2) is 12.2 Å². The topological polar surface area (TPSA) is 52.6 Å². The highest BCUT2D eigenvalue weighted by molar-refractivity contribution is 5.91. The van der Waals surface area contributed by atoms with E-state index < -0.39 is 11.9 Å². The van der Waals surface area contributed by atoms with Crippen LogP contribution in [0, 0.1) is 5.92 Å². The van der Waals surface area contributed by atoms with Gasteiger partial charge in [0.05, 0.1) is 13.7 Å². The quantitative estimate of drug-likeness (QED) is 0.373. The largest absolute Gasteiger partial charge is 0.466 e. The molecule has 0 atom stereocenters. The summed E-state index contributed by atoms with van der Waals surface area (Å²) in [7, 11) is 1.26. The van der Waals surface area contributed by atoms with Gasteiger partial charge in [-0.3, -0.25) is 0 Å². The van der Waals surface area contributed by atoms with Crippen molar-refractivity contribution in [3.63, 3.8) is 0 Å². The van der Waals surface area contributed by atoms with E-state index in [1.54, 1.807) is 0 Å². The minimum Gasteiger partial charge on any atom is -0.466 e. The Morgan fingerprint density at radius 2 is 1.71 bits per heavy atom. The summed E-state index contributed by atoms with van der Waals surface area (Å²) >= 11 is 0. The third kappa shape index (κ3) is 11.0. The summed E-state index contributed by atoms with van der Waals surface area (Å²) in [5.41, 5.74) is 0. The van der Waals surface area contributed by atoms with Crippen LogP contribution in [-0.4, -0.2) is 25.7 Å². The van der Waals surface area contributed by atoms with Gasteiger partial charge in [0.1, 0.15) is 0 Å². The second-order valence-electron chi connectivity index (χ2n) is 4.27. The van der Waals surface area contributed by atoms with E-state index in [9.17, 15) is 9.59 Å². The summed E-state index contributed by atoms with van der Waals surface area (Å²) < 4.78 is 9.26. The third-order valence-corrected chi connectivity index (χ3v) is 2.23. The zero-order chi connectivity index (χ0) is 13.1. The molecule has 17 heavy (non-hydrogen) atoms. The summed E-state index contributed by atoms with van der Waals surface area (Å²) in [5, 5.41) is 0. The van der Waals surface area contributed by atoms with Gasteiger partial charge in [-0.15, -0.1) is 0 Å². The Morgan fingerprint density at radius 3 is 2.29 bits per heavy atom. The lowest BCUT2D eigenvalue weighted by Gasteiger charge is -2.04. The number of hydrogen-bond acceptors (Lipinski definition) is 4. The van der Waals surface area contributed by atoms with Gasteiger partial charge in [0, 0.05) is 12.2 Å². The number of carbonyl (C=O) groups excluding carboxylic acids is 2. The van der Waals surface area contributed by atoms with Crippen molar-refractivity contribution in [3.05, 3.63) is 12.2 Å². The van der Waals surface area contributed by atoms with Gasteiger partial charge in [0.2, 0.25) is 0 Å². The monoisotopic (exact) mass is 242 g/mol. The van der Waals surface area contributed by atoms with Gasteiger partial charge in [-0.25, -0.2) is 9.59 Å². The van der Waals surface area contributed by atoms with Crippen molar-refractivity contribution in [2.24, 2.45) is 5.92 Å². The number of esters is 2. The van der Waals surface area contributed by atoms with Crippen molar-refractivity contribution < 1.29 is 19.1 Å². The Hall–Kier alpha value is -1.32.